The molecule has 0 radical (unpaired) electrons. The second kappa shape index (κ2) is 4.17. The number of aryl methyl sites for hydroxylation is 1. The summed E-state index contributed by atoms with van der Waals surface area (Å²) in [6.07, 6.45) is 0. The lowest BCUT2D eigenvalue weighted by Crippen LogP contribution is -1.96. The molecule has 1 aromatic carbocycles. The quantitative estimate of drug-likeness (QED) is 0.751. The SMILES string of the molecule is Cn1c(-c2ccc(C(=O)O)[nH]2)cc2cc(Cl)ccc21. The molecule has 5 heteroatoms. The van der Waals surface area contributed by atoms with Gasteiger partial charge in [-0.2, -0.15) is 0 Å². The van der Waals surface area contributed by atoms with Crippen molar-refractivity contribution in [3.05, 3.63) is 47.1 Å². The van der Waals surface area contributed by atoms with Gasteiger partial charge in [0, 0.05) is 23.0 Å². The van der Waals surface area contributed by atoms with Gasteiger partial charge in [-0.05, 0) is 36.4 Å². The maximum absolute atomic E-state index is 10.9. The molecule has 0 saturated heterocycles. The van der Waals surface area contributed by atoms with Crippen LogP contribution in [0.3, 0.4) is 0 Å². The van der Waals surface area contributed by atoms with Gasteiger partial charge >= 0.3 is 5.97 Å². The molecular formula is C14H11ClN2O2. The Morgan fingerprint density at radius 1 is 1.26 bits per heavy atom. The maximum Gasteiger partial charge on any atom is 0.352 e. The fourth-order valence-electron chi connectivity index (χ4n) is 2.25. The number of hydrogen-bond acceptors (Lipinski definition) is 1. The Hall–Kier alpha value is -2.20. The summed E-state index contributed by atoms with van der Waals surface area (Å²) in [6.45, 7) is 0. The molecule has 0 aliphatic rings. The molecule has 3 rings (SSSR count). The van der Waals surface area contributed by atoms with E-state index in [4.69, 9.17) is 16.7 Å². The predicted octanol–water partition coefficient (Wildman–Crippen LogP) is 3.53. The third kappa shape index (κ3) is 1.90. The monoisotopic (exact) mass is 274 g/mol. The zero-order valence-electron chi connectivity index (χ0n) is 10.1. The van der Waals surface area contributed by atoms with E-state index in [0.717, 1.165) is 22.3 Å². The first kappa shape index (κ1) is 11.9. The zero-order valence-corrected chi connectivity index (χ0v) is 10.9. The highest BCUT2D eigenvalue weighted by atomic mass is 35.5. The number of hydrogen-bond donors (Lipinski definition) is 2. The maximum atomic E-state index is 10.9. The molecule has 0 aliphatic heterocycles. The number of benzene rings is 1. The van der Waals surface area contributed by atoms with Crippen LogP contribution in [0.2, 0.25) is 5.02 Å². The van der Waals surface area contributed by atoms with Gasteiger partial charge in [-0.15, -0.1) is 0 Å². The number of nitrogens with zero attached hydrogens (tertiary/aromatic N) is 1. The molecule has 2 aromatic heterocycles. The van der Waals surface area contributed by atoms with E-state index in [2.05, 4.69) is 4.98 Å². The molecule has 0 atom stereocenters. The van der Waals surface area contributed by atoms with Crippen molar-refractivity contribution in [2.45, 2.75) is 0 Å². The van der Waals surface area contributed by atoms with Gasteiger partial charge in [-0.1, -0.05) is 11.6 Å². The van der Waals surface area contributed by atoms with E-state index in [9.17, 15) is 4.79 Å². The zero-order chi connectivity index (χ0) is 13.6. The number of carbonyl (C=O) groups is 1. The minimum absolute atomic E-state index is 0.179. The molecule has 0 aliphatic carbocycles. The summed E-state index contributed by atoms with van der Waals surface area (Å²) in [5.74, 6) is -0.965. The van der Waals surface area contributed by atoms with Crippen LogP contribution in [0.15, 0.2) is 36.4 Å². The lowest BCUT2D eigenvalue weighted by molar-refractivity contribution is 0.0691. The average molecular weight is 275 g/mol. The topological polar surface area (TPSA) is 58.0 Å². The van der Waals surface area contributed by atoms with E-state index in [1.54, 1.807) is 12.1 Å². The molecule has 0 fully saturated rings. The van der Waals surface area contributed by atoms with Crippen molar-refractivity contribution in [2.75, 3.05) is 0 Å². The third-order valence-electron chi connectivity index (χ3n) is 3.20. The van der Waals surface area contributed by atoms with E-state index in [-0.39, 0.29) is 5.69 Å². The summed E-state index contributed by atoms with van der Waals surface area (Å²) in [7, 11) is 1.94. The summed E-state index contributed by atoms with van der Waals surface area (Å²) < 4.78 is 2.00. The van der Waals surface area contributed by atoms with Crippen molar-refractivity contribution in [2.24, 2.45) is 7.05 Å². The molecule has 0 saturated carbocycles. The molecule has 3 aromatic rings. The molecule has 0 bridgehead atoms. The lowest BCUT2D eigenvalue weighted by atomic mass is 10.2. The van der Waals surface area contributed by atoms with Gasteiger partial charge in [-0.25, -0.2) is 4.79 Å². The summed E-state index contributed by atoms with van der Waals surface area (Å²) in [4.78, 5) is 13.8. The number of aromatic carboxylic acids is 1. The van der Waals surface area contributed by atoms with Crippen LogP contribution in [0.5, 0.6) is 0 Å². The number of halogens is 1. The predicted molar refractivity (Wildman–Crippen MR) is 74.7 cm³/mol. The van der Waals surface area contributed by atoms with E-state index in [1.807, 2.05) is 35.9 Å². The van der Waals surface area contributed by atoms with Crippen molar-refractivity contribution >= 4 is 28.5 Å². The summed E-state index contributed by atoms with van der Waals surface area (Å²) in [5, 5.41) is 10.6. The van der Waals surface area contributed by atoms with Crippen LogP contribution in [0.1, 0.15) is 10.5 Å². The fraction of sp³-hybridized carbons (Fsp3) is 0.0714. The number of carboxylic acids is 1. The van der Waals surface area contributed by atoms with Crippen LogP contribution >= 0.6 is 11.6 Å². The van der Waals surface area contributed by atoms with Crippen LogP contribution < -0.4 is 0 Å². The second-order valence-electron chi connectivity index (χ2n) is 4.38. The van der Waals surface area contributed by atoms with Gasteiger partial charge in [0.1, 0.15) is 5.69 Å². The first-order valence-electron chi connectivity index (χ1n) is 5.74. The number of aromatic amines is 1. The first-order chi connectivity index (χ1) is 9.06. The molecule has 0 unspecified atom stereocenters. The molecule has 19 heavy (non-hydrogen) atoms. The molecule has 96 valence electrons. The van der Waals surface area contributed by atoms with E-state index >= 15 is 0 Å². The Morgan fingerprint density at radius 2 is 2.05 bits per heavy atom. The molecule has 2 N–H and O–H groups in total. The van der Waals surface area contributed by atoms with Gasteiger partial charge in [-0.3, -0.25) is 0 Å². The molecule has 2 heterocycles. The summed E-state index contributed by atoms with van der Waals surface area (Å²) >= 11 is 5.98. The smallest absolute Gasteiger partial charge is 0.352 e. The van der Waals surface area contributed by atoms with Crippen LogP contribution in [-0.2, 0) is 7.05 Å². The summed E-state index contributed by atoms with van der Waals surface area (Å²) in [6, 6.07) is 11.0. The Morgan fingerprint density at radius 3 is 2.74 bits per heavy atom. The van der Waals surface area contributed by atoms with Gasteiger partial charge in [0.05, 0.1) is 11.4 Å². The normalized spacial score (nSPS) is 11.1. The largest absolute Gasteiger partial charge is 0.477 e. The molecule has 0 amide bonds. The van der Waals surface area contributed by atoms with Gasteiger partial charge in [0.25, 0.3) is 0 Å². The van der Waals surface area contributed by atoms with Crippen LogP contribution in [-0.4, -0.2) is 20.6 Å². The van der Waals surface area contributed by atoms with Crippen molar-refractivity contribution in [3.63, 3.8) is 0 Å². The van der Waals surface area contributed by atoms with Crippen LogP contribution in [0.4, 0.5) is 0 Å². The van der Waals surface area contributed by atoms with Gasteiger partial charge in [0.15, 0.2) is 0 Å². The van der Waals surface area contributed by atoms with Crippen molar-refractivity contribution in [1.29, 1.82) is 0 Å². The van der Waals surface area contributed by atoms with Crippen molar-refractivity contribution in [3.8, 4) is 11.4 Å². The highest BCUT2D eigenvalue weighted by Crippen LogP contribution is 2.28. The Bertz CT molecular complexity index is 786. The Labute approximate surface area is 114 Å². The number of nitrogens with one attached hydrogen (secondary N) is 1. The highest BCUT2D eigenvalue weighted by Gasteiger charge is 2.12. The lowest BCUT2D eigenvalue weighted by Gasteiger charge is -2.02. The van der Waals surface area contributed by atoms with E-state index in [1.165, 1.54) is 0 Å². The van der Waals surface area contributed by atoms with E-state index in [0.29, 0.717) is 5.02 Å². The third-order valence-corrected chi connectivity index (χ3v) is 3.43. The number of H-pyrrole nitrogens is 1. The number of carboxylic acid groups (broad SMARTS) is 1. The van der Waals surface area contributed by atoms with Crippen LogP contribution in [0.25, 0.3) is 22.3 Å². The van der Waals surface area contributed by atoms with Crippen molar-refractivity contribution < 1.29 is 9.90 Å². The number of aromatic nitrogens is 2. The average Bonchev–Trinajstić information content (AvgIpc) is 2.94. The van der Waals surface area contributed by atoms with E-state index < -0.39 is 5.97 Å². The highest BCUT2D eigenvalue weighted by molar-refractivity contribution is 6.31. The Balaban J connectivity index is 2.18. The number of fused-ring (bicyclic) bond motifs is 1. The first-order valence-corrected chi connectivity index (χ1v) is 6.12. The van der Waals surface area contributed by atoms with Gasteiger partial charge in [0.2, 0.25) is 0 Å². The fourth-order valence-corrected chi connectivity index (χ4v) is 2.43. The standard InChI is InChI=1S/C14H11ClN2O2/c1-17-12-5-2-9(15)6-8(12)7-13(17)10-3-4-11(16-10)14(18)19/h2-7,16H,1H3,(H,18,19). The minimum atomic E-state index is -0.965. The number of rotatable bonds is 2. The second-order valence-corrected chi connectivity index (χ2v) is 4.82. The molecule has 0 spiro atoms. The van der Waals surface area contributed by atoms with Crippen molar-refractivity contribution in [1.82, 2.24) is 9.55 Å². The molecular weight excluding hydrogens is 264 g/mol. The molecule has 4 nitrogen and oxygen atoms in total. The Kier molecular flexibility index (Phi) is 2.61. The minimum Gasteiger partial charge on any atom is -0.477 e. The van der Waals surface area contributed by atoms with Gasteiger partial charge < -0.3 is 14.7 Å². The summed E-state index contributed by atoms with van der Waals surface area (Å²) in [5.41, 5.74) is 2.92. The van der Waals surface area contributed by atoms with Crippen LogP contribution in [0, 0.1) is 0 Å².